The first-order valence-electron chi connectivity index (χ1n) is 4.47. The Labute approximate surface area is 101 Å². The highest BCUT2D eigenvalue weighted by Gasteiger charge is 2.21. The second-order valence-corrected chi connectivity index (χ2v) is 6.04. The highest BCUT2D eigenvalue weighted by molar-refractivity contribution is 8.45. The van der Waals surface area contributed by atoms with Gasteiger partial charge in [0.2, 0.25) is 5.12 Å². The van der Waals surface area contributed by atoms with Gasteiger partial charge in [-0.1, -0.05) is 18.7 Å². The van der Waals surface area contributed by atoms with Crippen LogP contribution in [0, 0.1) is 0 Å². The van der Waals surface area contributed by atoms with Crippen LogP contribution >= 0.6 is 34.9 Å². The van der Waals surface area contributed by atoms with E-state index in [1.807, 2.05) is 22.9 Å². The van der Waals surface area contributed by atoms with Crippen molar-refractivity contribution in [1.29, 1.82) is 0 Å². The number of hydrogen-bond acceptors (Lipinski definition) is 5. The first kappa shape index (κ1) is 11.0. The lowest BCUT2D eigenvalue weighted by Gasteiger charge is -1.89. The summed E-state index contributed by atoms with van der Waals surface area (Å²) in [6.07, 6.45) is 1.84. The van der Waals surface area contributed by atoms with Gasteiger partial charge in [-0.05, 0) is 46.0 Å². The van der Waals surface area contributed by atoms with Crippen LogP contribution in [0.3, 0.4) is 0 Å². The fourth-order valence-electron chi connectivity index (χ4n) is 1.09. The quantitative estimate of drug-likeness (QED) is 0.758. The maximum absolute atomic E-state index is 11.6. The standard InChI is InChI=1S/C10H9NOS3/c1-2-14-10-11-8(9(12)15-10)5-7-3-4-13-6-7/h3-6H,2H2,1H3. The molecule has 2 heterocycles. The molecule has 0 spiro atoms. The molecule has 5 heteroatoms. The zero-order valence-corrected chi connectivity index (χ0v) is 10.5. The number of thioether (sulfide) groups is 2. The Morgan fingerprint density at radius 3 is 3.13 bits per heavy atom. The minimum absolute atomic E-state index is 0.0529. The zero-order valence-electron chi connectivity index (χ0n) is 8.10. The maximum Gasteiger partial charge on any atom is 0.244 e. The van der Waals surface area contributed by atoms with E-state index in [1.165, 1.54) is 11.8 Å². The number of carbonyl (C=O) groups excluding carboxylic acids is 1. The fraction of sp³-hybridized carbons (Fsp3) is 0.200. The van der Waals surface area contributed by atoms with Crippen LogP contribution in [-0.4, -0.2) is 15.2 Å². The van der Waals surface area contributed by atoms with Crippen molar-refractivity contribution < 1.29 is 4.79 Å². The van der Waals surface area contributed by atoms with Crippen molar-refractivity contribution in [2.75, 3.05) is 5.75 Å². The molecule has 1 aromatic rings. The van der Waals surface area contributed by atoms with E-state index in [0.717, 1.165) is 15.7 Å². The number of rotatable bonds is 2. The van der Waals surface area contributed by atoms with Gasteiger partial charge in [-0.2, -0.15) is 11.3 Å². The number of carbonyl (C=O) groups is 1. The summed E-state index contributed by atoms with van der Waals surface area (Å²) in [6.45, 7) is 2.05. The van der Waals surface area contributed by atoms with Crippen LogP contribution < -0.4 is 0 Å². The topological polar surface area (TPSA) is 29.4 Å². The lowest BCUT2D eigenvalue weighted by atomic mass is 10.3. The first-order valence-corrected chi connectivity index (χ1v) is 7.21. The summed E-state index contributed by atoms with van der Waals surface area (Å²) >= 11 is 4.46. The van der Waals surface area contributed by atoms with Crippen molar-refractivity contribution in [2.24, 2.45) is 4.99 Å². The van der Waals surface area contributed by atoms with Gasteiger partial charge in [0.1, 0.15) is 10.1 Å². The van der Waals surface area contributed by atoms with Gasteiger partial charge in [-0.15, -0.1) is 0 Å². The average Bonchev–Trinajstić information content (AvgIpc) is 2.79. The number of hydrogen-bond donors (Lipinski definition) is 0. The summed E-state index contributed by atoms with van der Waals surface area (Å²) in [6, 6.07) is 1.98. The Morgan fingerprint density at radius 2 is 2.47 bits per heavy atom. The minimum atomic E-state index is 0.0529. The van der Waals surface area contributed by atoms with Crippen LogP contribution in [-0.2, 0) is 4.79 Å². The second-order valence-electron chi connectivity index (χ2n) is 2.79. The molecule has 0 aliphatic carbocycles. The molecule has 0 fully saturated rings. The molecule has 0 atom stereocenters. The van der Waals surface area contributed by atoms with E-state index >= 15 is 0 Å². The Kier molecular flexibility index (Phi) is 3.66. The van der Waals surface area contributed by atoms with Gasteiger partial charge in [-0.25, -0.2) is 4.99 Å². The van der Waals surface area contributed by atoms with Crippen molar-refractivity contribution >= 4 is 50.4 Å². The van der Waals surface area contributed by atoms with Gasteiger partial charge in [0.15, 0.2) is 0 Å². The van der Waals surface area contributed by atoms with E-state index in [-0.39, 0.29) is 5.12 Å². The van der Waals surface area contributed by atoms with E-state index in [9.17, 15) is 4.79 Å². The lowest BCUT2D eigenvalue weighted by molar-refractivity contribution is -0.107. The smallest absolute Gasteiger partial charge is 0.244 e. The van der Waals surface area contributed by atoms with Gasteiger partial charge in [-0.3, -0.25) is 4.79 Å². The normalized spacial score (nSPS) is 18.6. The van der Waals surface area contributed by atoms with Gasteiger partial charge in [0, 0.05) is 0 Å². The molecule has 0 amide bonds. The summed E-state index contributed by atoms with van der Waals surface area (Å²) in [5, 5.41) is 4.05. The molecule has 78 valence electrons. The Morgan fingerprint density at radius 1 is 1.60 bits per heavy atom. The zero-order chi connectivity index (χ0) is 10.7. The molecule has 1 aliphatic rings. The Bertz CT molecular complexity index is 420. The molecule has 0 saturated carbocycles. The molecule has 0 unspecified atom stereocenters. The largest absolute Gasteiger partial charge is 0.279 e. The summed E-state index contributed by atoms with van der Waals surface area (Å²) in [7, 11) is 0. The van der Waals surface area contributed by atoms with E-state index in [4.69, 9.17) is 0 Å². The van der Waals surface area contributed by atoms with Crippen LogP contribution in [0.2, 0.25) is 0 Å². The van der Waals surface area contributed by atoms with Gasteiger partial charge in [0.05, 0.1) is 0 Å². The third-order valence-corrected chi connectivity index (χ3v) is 4.31. The predicted molar refractivity (Wildman–Crippen MR) is 70.5 cm³/mol. The van der Waals surface area contributed by atoms with E-state index < -0.39 is 0 Å². The molecular weight excluding hydrogens is 246 g/mol. The molecule has 0 radical (unpaired) electrons. The van der Waals surface area contributed by atoms with Crippen molar-refractivity contribution in [2.45, 2.75) is 6.92 Å². The molecule has 2 nitrogen and oxygen atoms in total. The van der Waals surface area contributed by atoms with Crippen molar-refractivity contribution in [3.63, 3.8) is 0 Å². The molecule has 1 aliphatic heterocycles. The molecule has 1 aromatic heterocycles. The highest BCUT2D eigenvalue weighted by atomic mass is 32.2. The van der Waals surface area contributed by atoms with Crippen LogP contribution in [0.25, 0.3) is 6.08 Å². The summed E-state index contributed by atoms with van der Waals surface area (Å²) < 4.78 is 0.865. The van der Waals surface area contributed by atoms with Crippen LogP contribution in [0.5, 0.6) is 0 Å². The molecule has 0 aromatic carbocycles. The molecule has 0 bridgehead atoms. The van der Waals surface area contributed by atoms with Crippen molar-refractivity contribution in [3.8, 4) is 0 Å². The molecular formula is C10H9NOS3. The monoisotopic (exact) mass is 255 g/mol. The third kappa shape index (κ3) is 2.74. The third-order valence-electron chi connectivity index (χ3n) is 1.72. The average molecular weight is 255 g/mol. The van der Waals surface area contributed by atoms with Crippen molar-refractivity contribution in [1.82, 2.24) is 0 Å². The molecule has 0 N–H and O–H groups in total. The lowest BCUT2D eigenvalue weighted by Crippen LogP contribution is -1.87. The number of thiophene rings is 1. The minimum Gasteiger partial charge on any atom is -0.279 e. The fourth-order valence-corrected chi connectivity index (χ4v) is 3.45. The predicted octanol–water partition coefficient (Wildman–Crippen LogP) is 3.47. The SMILES string of the molecule is CCSC1=NC(=Cc2ccsc2)C(=O)S1. The van der Waals surface area contributed by atoms with Crippen LogP contribution in [0.15, 0.2) is 27.5 Å². The van der Waals surface area contributed by atoms with E-state index in [1.54, 1.807) is 23.1 Å². The summed E-state index contributed by atoms with van der Waals surface area (Å²) in [5.41, 5.74) is 1.62. The Balaban J connectivity index is 2.19. The van der Waals surface area contributed by atoms with Gasteiger partial charge < -0.3 is 0 Å². The molecule has 2 rings (SSSR count). The van der Waals surface area contributed by atoms with E-state index in [2.05, 4.69) is 11.9 Å². The Hall–Kier alpha value is -0.520. The van der Waals surface area contributed by atoms with E-state index in [0.29, 0.717) is 5.70 Å². The van der Waals surface area contributed by atoms with Crippen LogP contribution in [0.1, 0.15) is 12.5 Å². The van der Waals surface area contributed by atoms with Gasteiger partial charge >= 0.3 is 0 Å². The number of nitrogens with zero attached hydrogens (tertiary/aromatic N) is 1. The molecule has 15 heavy (non-hydrogen) atoms. The number of aliphatic imine (C=N–C) groups is 1. The van der Waals surface area contributed by atoms with Crippen molar-refractivity contribution in [3.05, 3.63) is 28.1 Å². The van der Waals surface area contributed by atoms with Gasteiger partial charge in [0.25, 0.3) is 0 Å². The highest BCUT2D eigenvalue weighted by Crippen LogP contribution is 2.30. The maximum atomic E-state index is 11.6. The molecule has 0 saturated heterocycles. The second kappa shape index (κ2) is 5.01. The first-order chi connectivity index (χ1) is 7.29. The van der Waals surface area contributed by atoms with Crippen LogP contribution in [0.4, 0.5) is 0 Å². The summed E-state index contributed by atoms with van der Waals surface area (Å²) in [4.78, 5) is 15.8. The summed E-state index contributed by atoms with van der Waals surface area (Å²) in [5.74, 6) is 0.949.